The average Bonchev–Trinajstić information content (AvgIpc) is 2.44. The first-order valence-corrected chi connectivity index (χ1v) is 6.08. The Hall–Kier alpha value is -2.07. The van der Waals surface area contributed by atoms with Crippen LogP contribution in [0.2, 0.25) is 0 Å². The zero-order chi connectivity index (χ0) is 13.5. The highest BCUT2D eigenvalue weighted by Gasteiger charge is 1.98. The van der Waals surface area contributed by atoms with Crippen molar-refractivity contribution in [3.8, 4) is 11.5 Å². The fourth-order valence-corrected chi connectivity index (χ4v) is 1.64. The van der Waals surface area contributed by atoms with E-state index in [1.807, 2.05) is 24.3 Å². The molecule has 0 fully saturated rings. The van der Waals surface area contributed by atoms with Crippen LogP contribution in [0.3, 0.4) is 0 Å². The Morgan fingerprint density at radius 1 is 0.895 bits per heavy atom. The van der Waals surface area contributed by atoms with E-state index >= 15 is 0 Å². The molecule has 0 aliphatic heterocycles. The lowest BCUT2D eigenvalue weighted by molar-refractivity contribution is 0.216. The highest BCUT2D eigenvalue weighted by molar-refractivity contribution is 5.28. The lowest BCUT2D eigenvalue weighted by atomic mass is 10.2. The molecule has 100 valence electrons. The maximum Gasteiger partial charge on any atom is 0.126 e. The summed E-state index contributed by atoms with van der Waals surface area (Å²) in [6.07, 6.45) is 0. The highest BCUT2D eigenvalue weighted by Crippen LogP contribution is 2.14. The molecule has 0 bridgehead atoms. The summed E-state index contributed by atoms with van der Waals surface area (Å²) in [6, 6.07) is 13.6. The number of nitrogens with two attached hydrogens (primary N) is 1. The third-order valence-corrected chi connectivity index (χ3v) is 2.55. The van der Waals surface area contributed by atoms with E-state index in [1.54, 1.807) is 12.1 Å². The fourth-order valence-electron chi connectivity index (χ4n) is 1.64. The Morgan fingerprint density at radius 2 is 1.53 bits per heavy atom. The predicted octanol–water partition coefficient (Wildman–Crippen LogP) is 2.74. The first-order valence-electron chi connectivity index (χ1n) is 6.08. The summed E-state index contributed by atoms with van der Waals surface area (Å²) in [5.41, 5.74) is 6.57. The molecule has 2 aromatic carbocycles. The van der Waals surface area contributed by atoms with Crippen LogP contribution in [-0.4, -0.2) is 13.2 Å². The molecule has 0 unspecified atom stereocenters. The van der Waals surface area contributed by atoms with E-state index in [9.17, 15) is 4.39 Å². The number of benzene rings is 2. The highest BCUT2D eigenvalue weighted by atomic mass is 19.1. The third kappa shape index (κ3) is 4.26. The number of hydrogen-bond acceptors (Lipinski definition) is 3. The summed E-state index contributed by atoms with van der Waals surface area (Å²) in [5, 5.41) is 0. The van der Waals surface area contributed by atoms with Crippen molar-refractivity contribution in [3.05, 3.63) is 59.9 Å². The van der Waals surface area contributed by atoms with Gasteiger partial charge in [0.15, 0.2) is 0 Å². The molecule has 0 spiro atoms. The fraction of sp³-hybridized carbons (Fsp3) is 0.200. The number of ether oxygens (including phenoxy) is 2. The lowest BCUT2D eigenvalue weighted by Gasteiger charge is -2.09. The molecule has 0 amide bonds. The molecule has 0 saturated carbocycles. The van der Waals surface area contributed by atoms with Crippen molar-refractivity contribution < 1.29 is 13.9 Å². The van der Waals surface area contributed by atoms with Gasteiger partial charge in [0.05, 0.1) is 0 Å². The summed E-state index contributed by atoms with van der Waals surface area (Å²) in [7, 11) is 0. The maximum atomic E-state index is 12.9. The molecule has 19 heavy (non-hydrogen) atoms. The molecule has 2 N–H and O–H groups in total. The van der Waals surface area contributed by atoms with Crippen molar-refractivity contribution in [3.63, 3.8) is 0 Å². The molecule has 2 aromatic rings. The van der Waals surface area contributed by atoms with Crippen LogP contribution in [0.4, 0.5) is 4.39 Å². The van der Waals surface area contributed by atoms with Gasteiger partial charge in [0.1, 0.15) is 30.5 Å². The summed E-state index contributed by atoms with van der Waals surface area (Å²) >= 11 is 0. The third-order valence-electron chi connectivity index (χ3n) is 2.55. The van der Waals surface area contributed by atoms with Crippen molar-refractivity contribution in [1.29, 1.82) is 0 Å². The topological polar surface area (TPSA) is 44.5 Å². The molecule has 0 aromatic heterocycles. The van der Waals surface area contributed by atoms with Crippen LogP contribution < -0.4 is 15.2 Å². The molecular formula is C15H16FNO2. The van der Waals surface area contributed by atoms with Gasteiger partial charge in [-0.25, -0.2) is 4.39 Å². The SMILES string of the molecule is NCc1cccc(OCCOc2cccc(F)c2)c1. The van der Waals surface area contributed by atoms with Crippen molar-refractivity contribution in [2.24, 2.45) is 5.73 Å². The minimum absolute atomic E-state index is 0.311. The van der Waals surface area contributed by atoms with Gasteiger partial charge in [-0.1, -0.05) is 18.2 Å². The van der Waals surface area contributed by atoms with Gasteiger partial charge < -0.3 is 15.2 Å². The molecular weight excluding hydrogens is 245 g/mol. The van der Waals surface area contributed by atoms with Crippen LogP contribution in [0.5, 0.6) is 11.5 Å². The van der Waals surface area contributed by atoms with E-state index in [4.69, 9.17) is 15.2 Å². The molecule has 4 heteroatoms. The molecule has 3 nitrogen and oxygen atoms in total. The standard InChI is InChI=1S/C15H16FNO2/c16-13-4-2-6-15(10-13)19-8-7-18-14-5-1-3-12(9-14)11-17/h1-6,9-10H,7-8,11,17H2. The number of rotatable bonds is 6. The first kappa shape index (κ1) is 13.4. The Kier molecular flexibility index (Phi) is 4.75. The van der Waals surface area contributed by atoms with Gasteiger partial charge in [-0.15, -0.1) is 0 Å². The second-order valence-corrected chi connectivity index (χ2v) is 4.01. The normalized spacial score (nSPS) is 10.2. The van der Waals surface area contributed by atoms with E-state index in [2.05, 4.69) is 0 Å². The Bertz CT molecular complexity index is 531. The van der Waals surface area contributed by atoms with Gasteiger partial charge in [0.2, 0.25) is 0 Å². The van der Waals surface area contributed by atoms with Crippen LogP contribution in [0.15, 0.2) is 48.5 Å². The predicted molar refractivity (Wildman–Crippen MR) is 71.7 cm³/mol. The molecule has 0 aliphatic carbocycles. The molecule has 0 heterocycles. The lowest BCUT2D eigenvalue weighted by Crippen LogP contribution is -2.09. The van der Waals surface area contributed by atoms with Crippen LogP contribution in [0.25, 0.3) is 0 Å². The van der Waals surface area contributed by atoms with Crippen molar-refractivity contribution >= 4 is 0 Å². The Morgan fingerprint density at radius 3 is 2.16 bits per heavy atom. The van der Waals surface area contributed by atoms with Gasteiger partial charge in [-0.05, 0) is 29.8 Å². The second-order valence-electron chi connectivity index (χ2n) is 4.01. The average molecular weight is 261 g/mol. The van der Waals surface area contributed by atoms with Gasteiger partial charge in [0.25, 0.3) is 0 Å². The maximum absolute atomic E-state index is 12.9. The molecule has 0 atom stereocenters. The van der Waals surface area contributed by atoms with Crippen LogP contribution in [-0.2, 0) is 6.54 Å². The zero-order valence-electron chi connectivity index (χ0n) is 10.5. The van der Waals surface area contributed by atoms with Crippen molar-refractivity contribution in [2.45, 2.75) is 6.54 Å². The number of halogens is 1. The van der Waals surface area contributed by atoms with Gasteiger partial charge >= 0.3 is 0 Å². The molecule has 2 rings (SSSR count). The summed E-state index contributed by atoms with van der Waals surface area (Å²) in [6.45, 7) is 1.23. The first-order chi connectivity index (χ1) is 9.28. The van der Waals surface area contributed by atoms with Gasteiger partial charge in [-0.2, -0.15) is 0 Å². The minimum Gasteiger partial charge on any atom is -0.490 e. The minimum atomic E-state index is -0.311. The van der Waals surface area contributed by atoms with Crippen molar-refractivity contribution in [2.75, 3.05) is 13.2 Å². The van der Waals surface area contributed by atoms with E-state index < -0.39 is 0 Å². The summed E-state index contributed by atoms with van der Waals surface area (Å²) < 4.78 is 23.8. The van der Waals surface area contributed by atoms with Crippen LogP contribution >= 0.6 is 0 Å². The van der Waals surface area contributed by atoms with Gasteiger partial charge in [0, 0.05) is 12.6 Å². The molecule has 0 radical (unpaired) electrons. The van der Waals surface area contributed by atoms with E-state index in [1.165, 1.54) is 12.1 Å². The quantitative estimate of drug-likeness (QED) is 0.813. The van der Waals surface area contributed by atoms with E-state index in [-0.39, 0.29) is 5.82 Å². The molecule has 0 aliphatic rings. The van der Waals surface area contributed by atoms with Gasteiger partial charge in [-0.3, -0.25) is 0 Å². The Labute approximate surface area is 111 Å². The van der Waals surface area contributed by atoms with Crippen molar-refractivity contribution in [1.82, 2.24) is 0 Å². The largest absolute Gasteiger partial charge is 0.490 e. The van der Waals surface area contributed by atoms with Crippen LogP contribution in [0.1, 0.15) is 5.56 Å². The zero-order valence-corrected chi connectivity index (χ0v) is 10.5. The summed E-state index contributed by atoms with van der Waals surface area (Å²) in [4.78, 5) is 0. The number of hydrogen-bond donors (Lipinski definition) is 1. The smallest absolute Gasteiger partial charge is 0.126 e. The Balaban J connectivity index is 1.77. The van der Waals surface area contributed by atoms with E-state index in [0.29, 0.717) is 25.5 Å². The van der Waals surface area contributed by atoms with E-state index in [0.717, 1.165) is 11.3 Å². The monoisotopic (exact) mass is 261 g/mol. The molecule has 0 saturated heterocycles. The van der Waals surface area contributed by atoms with Crippen LogP contribution in [0, 0.1) is 5.82 Å². The summed E-state index contributed by atoms with van der Waals surface area (Å²) in [5.74, 6) is 0.944. The second kappa shape index (κ2) is 6.75.